The van der Waals surface area contributed by atoms with Crippen LogP contribution < -0.4 is 5.32 Å². The highest BCUT2D eigenvalue weighted by Crippen LogP contribution is 2.19. The van der Waals surface area contributed by atoms with Crippen molar-refractivity contribution in [2.24, 2.45) is 0 Å². The van der Waals surface area contributed by atoms with Gasteiger partial charge in [0.2, 0.25) is 11.8 Å². The Morgan fingerprint density at radius 3 is 2.65 bits per heavy atom. The number of piperidine rings is 1. The van der Waals surface area contributed by atoms with Gasteiger partial charge in [-0.3, -0.25) is 19.3 Å². The zero-order chi connectivity index (χ0) is 16.4. The highest BCUT2D eigenvalue weighted by Gasteiger charge is 2.39. The molecule has 0 bridgehead atoms. The molecule has 7 heteroatoms. The van der Waals surface area contributed by atoms with E-state index in [0.29, 0.717) is 19.6 Å². The van der Waals surface area contributed by atoms with Crippen LogP contribution in [-0.2, 0) is 9.59 Å². The molecular weight excluding hydrogens is 314 g/mol. The second-order valence-electron chi connectivity index (χ2n) is 5.94. The Hall–Kier alpha value is -1.73. The summed E-state index contributed by atoms with van der Waals surface area (Å²) in [4.78, 5) is 40.1. The average Bonchev–Trinajstić information content (AvgIpc) is 3.17. The first-order valence-electron chi connectivity index (χ1n) is 8.03. The fraction of sp³-hybridized carbons (Fsp3) is 0.562. The summed E-state index contributed by atoms with van der Waals surface area (Å²) >= 11 is 1.46. The lowest BCUT2D eigenvalue weighted by Gasteiger charge is -2.33. The molecule has 6 nitrogen and oxygen atoms in total. The van der Waals surface area contributed by atoms with Crippen molar-refractivity contribution in [2.75, 3.05) is 19.6 Å². The maximum atomic E-state index is 12.3. The van der Waals surface area contributed by atoms with E-state index >= 15 is 0 Å². The lowest BCUT2D eigenvalue weighted by Crippen LogP contribution is -2.49. The Morgan fingerprint density at radius 1 is 1.35 bits per heavy atom. The molecule has 3 rings (SSSR count). The summed E-state index contributed by atoms with van der Waals surface area (Å²) < 4.78 is 0. The number of rotatable bonds is 4. The molecule has 0 unspecified atom stereocenters. The van der Waals surface area contributed by atoms with E-state index in [1.807, 2.05) is 29.3 Å². The third-order valence-corrected chi connectivity index (χ3v) is 5.37. The Bertz CT molecular complexity index is 594. The number of thiophene rings is 1. The lowest BCUT2D eigenvalue weighted by atomic mass is 10.0. The Morgan fingerprint density at radius 2 is 2.09 bits per heavy atom. The molecule has 2 aliphatic heterocycles. The zero-order valence-corrected chi connectivity index (χ0v) is 14.0. The highest BCUT2D eigenvalue weighted by atomic mass is 32.1. The number of carbonyl (C=O) groups is 3. The van der Waals surface area contributed by atoms with Gasteiger partial charge in [0.1, 0.15) is 0 Å². The molecule has 1 N–H and O–H groups in total. The van der Waals surface area contributed by atoms with Crippen molar-refractivity contribution in [3.63, 3.8) is 0 Å². The second kappa shape index (κ2) is 6.80. The number of hydrogen-bond donors (Lipinski definition) is 1. The molecular formula is C16H21N3O3S. The first-order chi connectivity index (χ1) is 11.1. The molecule has 3 heterocycles. The molecule has 2 fully saturated rings. The molecule has 1 atom stereocenters. The molecule has 1 aromatic heterocycles. The third kappa shape index (κ3) is 3.30. The van der Waals surface area contributed by atoms with Crippen LogP contribution in [0.2, 0.25) is 0 Å². The highest BCUT2D eigenvalue weighted by molar-refractivity contribution is 7.12. The fourth-order valence-corrected chi connectivity index (χ4v) is 3.93. The summed E-state index contributed by atoms with van der Waals surface area (Å²) in [5.41, 5.74) is 0. The Kier molecular flexibility index (Phi) is 4.77. The van der Waals surface area contributed by atoms with Gasteiger partial charge in [0, 0.05) is 25.7 Å². The minimum atomic E-state index is -0.396. The minimum Gasteiger partial charge on any atom is -0.338 e. The first-order valence-corrected chi connectivity index (χ1v) is 8.91. The standard InChI is InChI=1S/C16H21N3O3S/c1-2-19-14(20)10-12(15(19)21)17-11-5-7-18(8-6-11)16(22)13-4-3-9-23-13/h3-4,9,11-12,17H,2,5-8,10H2,1H3/t12-/m0/s1. The summed E-state index contributed by atoms with van der Waals surface area (Å²) in [5, 5.41) is 5.22. The van der Waals surface area contributed by atoms with Crippen LogP contribution in [0.3, 0.4) is 0 Å². The van der Waals surface area contributed by atoms with Crippen molar-refractivity contribution in [3.8, 4) is 0 Å². The molecule has 2 saturated heterocycles. The van der Waals surface area contributed by atoms with Crippen LogP contribution in [-0.4, -0.2) is 59.2 Å². The predicted molar refractivity (Wildman–Crippen MR) is 87.2 cm³/mol. The molecule has 3 amide bonds. The van der Waals surface area contributed by atoms with Gasteiger partial charge in [-0.25, -0.2) is 0 Å². The molecule has 1 aromatic rings. The van der Waals surface area contributed by atoms with Crippen molar-refractivity contribution >= 4 is 29.1 Å². The van der Waals surface area contributed by atoms with E-state index in [-0.39, 0.29) is 30.2 Å². The van der Waals surface area contributed by atoms with Crippen LogP contribution in [0.5, 0.6) is 0 Å². The van der Waals surface area contributed by atoms with Crippen molar-refractivity contribution < 1.29 is 14.4 Å². The van der Waals surface area contributed by atoms with Gasteiger partial charge in [-0.2, -0.15) is 0 Å². The van der Waals surface area contributed by atoms with E-state index in [9.17, 15) is 14.4 Å². The normalized spacial score (nSPS) is 22.9. The number of carbonyl (C=O) groups excluding carboxylic acids is 3. The molecule has 0 spiro atoms. The fourth-order valence-electron chi connectivity index (χ4n) is 3.24. The number of likely N-dealkylation sites (tertiary alicyclic amines) is 2. The smallest absolute Gasteiger partial charge is 0.263 e. The molecule has 0 saturated carbocycles. The maximum Gasteiger partial charge on any atom is 0.263 e. The van der Waals surface area contributed by atoms with Gasteiger partial charge in [-0.05, 0) is 31.2 Å². The average molecular weight is 335 g/mol. The molecule has 0 aliphatic carbocycles. The van der Waals surface area contributed by atoms with Crippen molar-refractivity contribution in [1.29, 1.82) is 0 Å². The molecule has 23 heavy (non-hydrogen) atoms. The summed E-state index contributed by atoms with van der Waals surface area (Å²) in [5.74, 6) is -0.127. The van der Waals surface area contributed by atoms with E-state index in [2.05, 4.69) is 5.32 Å². The van der Waals surface area contributed by atoms with Crippen molar-refractivity contribution in [2.45, 2.75) is 38.3 Å². The Labute approximate surface area is 139 Å². The number of imide groups is 1. The summed E-state index contributed by atoms with van der Waals surface area (Å²) in [6.07, 6.45) is 1.86. The van der Waals surface area contributed by atoms with Gasteiger partial charge >= 0.3 is 0 Å². The van der Waals surface area contributed by atoms with Crippen molar-refractivity contribution in [3.05, 3.63) is 22.4 Å². The van der Waals surface area contributed by atoms with Crippen LogP contribution in [0.4, 0.5) is 0 Å². The van der Waals surface area contributed by atoms with Gasteiger partial charge < -0.3 is 10.2 Å². The van der Waals surface area contributed by atoms with E-state index in [1.165, 1.54) is 16.2 Å². The molecule has 124 valence electrons. The number of hydrogen-bond acceptors (Lipinski definition) is 5. The molecule has 2 aliphatic rings. The van der Waals surface area contributed by atoms with E-state index in [4.69, 9.17) is 0 Å². The monoisotopic (exact) mass is 335 g/mol. The maximum absolute atomic E-state index is 12.3. The van der Waals surface area contributed by atoms with Crippen LogP contribution in [0.1, 0.15) is 35.9 Å². The molecule has 0 radical (unpaired) electrons. The van der Waals surface area contributed by atoms with Gasteiger partial charge in [-0.1, -0.05) is 6.07 Å². The van der Waals surface area contributed by atoms with Crippen LogP contribution in [0.15, 0.2) is 17.5 Å². The number of nitrogens with zero attached hydrogens (tertiary/aromatic N) is 2. The second-order valence-corrected chi connectivity index (χ2v) is 6.89. The van der Waals surface area contributed by atoms with Gasteiger partial charge in [0.15, 0.2) is 0 Å². The minimum absolute atomic E-state index is 0.0859. The largest absolute Gasteiger partial charge is 0.338 e. The summed E-state index contributed by atoms with van der Waals surface area (Å²) in [6, 6.07) is 3.52. The number of amides is 3. The topological polar surface area (TPSA) is 69.7 Å². The quantitative estimate of drug-likeness (QED) is 0.836. The van der Waals surface area contributed by atoms with Crippen molar-refractivity contribution in [1.82, 2.24) is 15.1 Å². The summed E-state index contributed by atoms with van der Waals surface area (Å²) in [7, 11) is 0. The zero-order valence-electron chi connectivity index (χ0n) is 13.2. The van der Waals surface area contributed by atoms with E-state index in [1.54, 1.807) is 0 Å². The van der Waals surface area contributed by atoms with Crippen LogP contribution in [0.25, 0.3) is 0 Å². The van der Waals surface area contributed by atoms with Gasteiger partial charge in [0.05, 0.1) is 17.3 Å². The van der Waals surface area contributed by atoms with Crippen LogP contribution in [0, 0.1) is 0 Å². The summed E-state index contributed by atoms with van der Waals surface area (Å²) in [6.45, 7) is 3.61. The van der Waals surface area contributed by atoms with Crippen LogP contribution >= 0.6 is 11.3 Å². The lowest BCUT2D eigenvalue weighted by molar-refractivity contribution is -0.138. The first kappa shape index (κ1) is 16.1. The van der Waals surface area contributed by atoms with Gasteiger partial charge in [0.25, 0.3) is 5.91 Å². The number of nitrogens with one attached hydrogen (secondary N) is 1. The Balaban J connectivity index is 1.51. The van der Waals surface area contributed by atoms with E-state index < -0.39 is 6.04 Å². The predicted octanol–water partition coefficient (Wildman–Crippen LogP) is 1.09. The molecule has 0 aromatic carbocycles. The van der Waals surface area contributed by atoms with Gasteiger partial charge in [-0.15, -0.1) is 11.3 Å². The third-order valence-electron chi connectivity index (χ3n) is 4.51. The van der Waals surface area contributed by atoms with E-state index in [0.717, 1.165) is 17.7 Å². The SMILES string of the molecule is CCN1C(=O)C[C@H](NC2CCN(C(=O)c3cccs3)CC2)C1=O. The number of likely N-dealkylation sites (N-methyl/N-ethyl adjacent to an activating group) is 1.